The maximum Gasteiger partial charge on any atom is 0.344 e. The Morgan fingerprint density at radius 3 is 2.45 bits per heavy atom. The summed E-state index contributed by atoms with van der Waals surface area (Å²) in [6.07, 6.45) is 7.44. The summed E-state index contributed by atoms with van der Waals surface area (Å²) < 4.78 is 15.6. The number of hydrogen-bond donors (Lipinski definition) is 0. The minimum atomic E-state index is -0.643. The first kappa shape index (κ1) is 18.4. The quantitative estimate of drug-likeness (QED) is 0.283. The first-order valence-corrected chi connectivity index (χ1v) is 7.78. The van der Waals surface area contributed by atoms with Gasteiger partial charge in [0.15, 0.2) is 6.61 Å². The summed E-state index contributed by atoms with van der Waals surface area (Å²) in [6, 6.07) is 0. The van der Waals surface area contributed by atoms with Crippen molar-refractivity contribution in [3.63, 3.8) is 0 Å². The van der Waals surface area contributed by atoms with Crippen LogP contribution in [0, 0.1) is 0 Å². The molecule has 5 heteroatoms. The summed E-state index contributed by atoms with van der Waals surface area (Å²) in [5.74, 6) is -1.15. The van der Waals surface area contributed by atoms with Crippen LogP contribution in [0.1, 0.15) is 45.4 Å². The molecule has 0 aromatic heterocycles. The van der Waals surface area contributed by atoms with E-state index in [1.54, 1.807) is 6.08 Å². The van der Waals surface area contributed by atoms with E-state index in [1.807, 2.05) is 6.92 Å². The van der Waals surface area contributed by atoms with E-state index in [4.69, 9.17) is 14.2 Å². The highest BCUT2D eigenvalue weighted by Crippen LogP contribution is 2.34. The third kappa shape index (κ3) is 6.02. The van der Waals surface area contributed by atoms with Crippen molar-refractivity contribution in [2.45, 2.75) is 51.0 Å². The van der Waals surface area contributed by atoms with Crippen molar-refractivity contribution in [2.24, 2.45) is 0 Å². The summed E-state index contributed by atoms with van der Waals surface area (Å²) in [7, 11) is 0. The van der Waals surface area contributed by atoms with Gasteiger partial charge in [-0.3, -0.25) is 0 Å². The largest absolute Gasteiger partial charge is 0.457 e. The van der Waals surface area contributed by atoms with Gasteiger partial charge < -0.3 is 14.2 Å². The molecule has 124 valence electrons. The van der Waals surface area contributed by atoms with Crippen molar-refractivity contribution in [2.75, 3.05) is 19.8 Å². The SMILES string of the molecule is C=CCOCC(=C)C(=O)OCC(=O)OC1(CC)CCCCC1. The summed E-state index contributed by atoms with van der Waals surface area (Å²) in [5.41, 5.74) is -0.219. The molecule has 0 atom stereocenters. The zero-order valence-electron chi connectivity index (χ0n) is 13.4. The molecule has 0 spiro atoms. The number of rotatable bonds is 9. The fraction of sp³-hybridized carbons (Fsp3) is 0.647. The first-order chi connectivity index (χ1) is 10.5. The van der Waals surface area contributed by atoms with Gasteiger partial charge in [-0.05, 0) is 32.1 Å². The van der Waals surface area contributed by atoms with Crippen molar-refractivity contribution in [1.82, 2.24) is 0 Å². The Labute approximate surface area is 132 Å². The lowest BCUT2D eigenvalue weighted by Crippen LogP contribution is -2.38. The molecule has 5 nitrogen and oxygen atoms in total. The smallest absolute Gasteiger partial charge is 0.344 e. The van der Waals surface area contributed by atoms with Crippen molar-refractivity contribution >= 4 is 11.9 Å². The van der Waals surface area contributed by atoms with Gasteiger partial charge in [0.25, 0.3) is 0 Å². The molecule has 1 rings (SSSR count). The molecule has 1 aliphatic rings. The topological polar surface area (TPSA) is 61.8 Å². The molecule has 0 unspecified atom stereocenters. The van der Waals surface area contributed by atoms with Crippen LogP contribution in [-0.2, 0) is 23.8 Å². The zero-order chi connectivity index (χ0) is 16.4. The predicted molar refractivity (Wildman–Crippen MR) is 83.3 cm³/mol. The van der Waals surface area contributed by atoms with Gasteiger partial charge in [0.2, 0.25) is 0 Å². The summed E-state index contributed by atoms with van der Waals surface area (Å²) >= 11 is 0. The Bertz CT molecular complexity index is 407. The van der Waals surface area contributed by atoms with Gasteiger partial charge in [0.1, 0.15) is 5.60 Å². The van der Waals surface area contributed by atoms with Gasteiger partial charge in [-0.15, -0.1) is 6.58 Å². The van der Waals surface area contributed by atoms with Crippen molar-refractivity contribution in [3.8, 4) is 0 Å². The molecule has 0 bridgehead atoms. The molecule has 1 saturated carbocycles. The van der Waals surface area contributed by atoms with Crippen LogP contribution < -0.4 is 0 Å². The Kier molecular flexibility index (Phi) is 7.88. The van der Waals surface area contributed by atoms with E-state index >= 15 is 0 Å². The second-order valence-electron chi connectivity index (χ2n) is 5.55. The minimum absolute atomic E-state index is 0.0544. The normalized spacial score (nSPS) is 16.6. The molecule has 0 heterocycles. The van der Waals surface area contributed by atoms with Crippen LogP contribution in [0.25, 0.3) is 0 Å². The van der Waals surface area contributed by atoms with E-state index in [-0.39, 0.29) is 24.4 Å². The van der Waals surface area contributed by atoms with Gasteiger partial charge >= 0.3 is 11.9 Å². The fourth-order valence-corrected chi connectivity index (χ4v) is 2.55. The summed E-state index contributed by atoms with van der Waals surface area (Å²) in [5, 5.41) is 0. The van der Waals surface area contributed by atoms with Crippen LogP contribution in [-0.4, -0.2) is 37.4 Å². The van der Waals surface area contributed by atoms with E-state index in [1.165, 1.54) is 6.42 Å². The molecule has 1 fully saturated rings. The fourth-order valence-electron chi connectivity index (χ4n) is 2.55. The summed E-state index contributed by atoms with van der Waals surface area (Å²) in [4.78, 5) is 23.5. The number of esters is 2. The van der Waals surface area contributed by atoms with Crippen LogP contribution in [0.4, 0.5) is 0 Å². The van der Waals surface area contributed by atoms with Gasteiger partial charge in [0.05, 0.1) is 18.8 Å². The molecule has 0 aromatic rings. The maximum absolute atomic E-state index is 11.9. The lowest BCUT2D eigenvalue weighted by molar-refractivity contribution is -0.172. The maximum atomic E-state index is 11.9. The molecule has 0 saturated heterocycles. The average molecular weight is 310 g/mol. The molecular formula is C17H26O5. The number of hydrogen-bond acceptors (Lipinski definition) is 5. The minimum Gasteiger partial charge on any atom is -0.457 e. The molecular weight excluding hydrogens is 284 g/mol. The van der Waals surface area contributed by atoms with E-state index in [9.17, 15) is 9.59 Å². The molecule has 0 radical (unpaired) electrons. The average Bonchev–Trinajstić information content (AvgIpc) is 2.53. The Balaban J connectivity index is 2.33. The highest BCUT2D eigenvalue weighted by atomic mass is 16.6. The molecule has 22 heavy (non-hydrogen) atoms. The molecule has 1 aliphatic carbocycles. The molecule has 0 aliphatic heterocycles. The zero-order valence-corrected chi connectivity index (χ0v) is 13.4. The van der Waals surface area contributed by atoms with Gasteiger partial charge in [-0.1, -0.05) is 26.0 Å². The van der Waals surface area contributed by atoms with Gasteiger partial charge in [-0.25, -0.2) is 9.59 Å². The van der Waals surface area contributed by atoms with Gasteiger partial charge in [-0.2, -0.15) is 0 Å². The Morgan fingerprint density at radius 2 is 1.86 bits per heavy atom. The highest BCUT2D eigenvalue weighted by Gasteiger charge is 2.34. The van der Waals surface area contributed by atoms with Crippen LogP contribution in [0.15, 0.2) is 24.8 Å². The third-order valence-corrected chi connectivity index (χ3v) is 3.86. The Hall–Kier alpha value is -1.62. The van der Waals surface area contributed by atoms with E-state index in [0.29, 0.717) is 6.61 Å². The Morgan fingerprint density at radius 1 is 1.18 bits per heavy atom. The second kappa shape index (κ2) is 9.41. The van der Waals surface area contributed by atoms with Crippen molar-refractivity contribution in [3.05, 3.63) is 24.8 Å². The lowest BCUT2D eigenvalue weighted by atomic mass is 9.83. The number of ether oxygens (including phenoxy) is 3. The van der Waals surface area contributed by atoms with E-state index in [2.05, 4.69) is 13.2 Å². The van der Waals surface area contributed by atoms with Crippen molar-refractivity contribution < 1.29 is 23.8 Å². The number of carbonyl (C=O) groups excluding carboxylic acids is 2. The van der Waals surface area contributed by atoms with Crippen molar-refractivity contribution in [1.29, 1.82) is 0 Å². The number of carbonyl (C=O) groups is 2. The van der Waals surface area contributed by atoms with Crippen LogP contribution in [0.2, 0.25) is 0 Å². The first-order valence-electron chi connectivity index (χ1n) is 7.78. The van der Waals surface area contributed by atoms with Crippen LogP contribution >= 0.6 is 0 Å². The van der Waals surface area contributed by atoms with Crippen LogP contribution in [0.3, 0.4) is 0 Å². The predicted octanol–water partition coefficient (Wildman–Crippen LogP) is 2.94. The van der Waals surface area contributed by atoms with E-state index < -0.39 is 11.9 Å². The molecule has 0 amide bonds. The van der Waals surface area contributed by atoms with E-state index in [0.717, 1.165) is 32.1 Å². The molecule has 0 aromatic carbocycles. The lowest BCUT2D eigenvalue weighted by Gasteiger charge is -2.35. The highest BCUT2D eigenvalue weighted by molar-refractivity contribution is 5.89. The van der Waals surface area contributed by atoms with Gasteiger partial charge in [0, 0.05) is 0 Å². The third-order valence-electron chi connectivity index (χ3n) is 3.86. The van der Waals surface area contributed by atoms with Crippen LogP contribution in [0.5, 0.6) is 0 Å². The standard InChI is InChI=1S/C17H26O5/c1-4-11-20-12-14(3)16(19)21-13-15(18)22-17(5-2)9-7-6-8-10-17/h4H,1,3,5-13H2,2H3. The second-order valence-corrected chi connectivity index (χ2v) is 5.55. The monoisotopic (exact) mass is 310 g/mol. The molecule has 0 N–H and O–H groups in total. The summed E-state index contributed by atoms with van der Waals surface area (Å²) in [6.45, 7) is 9.07.